The van der Waals surface area contributed by atoms with Gasteiger partial charge in [0.15, 0.2) is 17.1 Å². The lowest BCUT2D eigenvalue weighted by Crippen LogP contribution is -2.58. The van der Waals surface area contributed by atoms with Crippen LogP contribution in [-0.4, -0.2) is 15.7 Å². The summed E-state index contributed by atoms with van der Waals surface area (Å²) in [6, 6.07) is 18.8. The molecule has 1 atom stereocenters. The minimum absolute atomic E-state index is 0.427. The average molecular weight is 307 g/mol. The zero-order valence-corrected chi connectivity index (χ0v) is 13.0. The van der Waals surface area contributed by atoms with E-state index in [1.807, 2.05) is 48.5 Å². The van der Waals surface area contributed by atoms with Crippen LogP contribution in [-0.2, 0) is 5.79 Å². The molecule has 1 aliphatic rings. The van der Waals surface area contributed by atoms with Gasteiger partial charge in [-0.2, -0.15) is 0 Å². The van der Waals surface area contributed by atoms with Crippen LogP contribution >= 0.6 is 0 Å². The molecule has 0 saturated carbocycles. The van der Waals surface area contributed by atoms with Crippen LogP contribution in [0.15, 0.2) is 60.7 Å². The zero-order chi connectivity index (χ0) is 16.1. The Morgan fingerprint density at radius 1 is 0.826 bits per heavy atom. The van der Waals surface area contributed by atoms with Gasteiger partial charge >= 0.3 is 0 Å². The van der Waals surface area contributed by atoms with Crippen LogP contribution < -0.4 is 9.47 Å². The molecule has 3 aromatic rings. The van der Waals surface area contributed by atoms with Crippen molar-refractivity contribution in [2.75, 3.05) is 0 Å². The summed E-state index contributed by atoms with van der Waals surface area (Å²) in [7, 11) is 0. The molecule has 2 heterocycles. The third-order valence-electron chi connectivity index (χ3n) is 4.23. The summed E-state index contributed by atoms with van der Waals surface area (Å²) in [4.78, 5) is 4.58. The minimum Gasteiger partial charge on any atom is -0.477 e. The largest absolute Gasteiger partial charge is 0.477 e. The Kier molecular flexibility index (Phi) is 2.87. The number of benzene rings is 2. The predicted molar refractivity (Wildman–Crippen MR) is 87.4 cm³/mol. The average Bonchev–Trinajstić information content (AvgIpc) is 2.55. The summed E-state index contributed by atoms with van der Waals surface area (Å²) >= 11 is 0. The molecule has 0 radical (unpaired) electrons. The summed E-state index contributed by atoms with van der Waals surface area (Å²) in [5, 5.41) is 12.3. The van der Waals surface area contributed by atoms with E-state index in [1.54, 1.807) is 26.0 Å². The quantitative estimate of drug-likeness (QED) is 0.746. The second-order valence-electron chi connectivity index (χ2n) is 6.19. The molecule has 1 aromatic heterocycles. The molecule has 0 saturated heterocycles. The van der Waals surface area contributed by atoms with Crippen LogP contribution in [0, 0.1) is 0 Å². The van der Waals surface area contributed by atoms with Crippen LogP contribution in [0.4, 0.5) is 0 Å². The Morgan fingerprint density at radius 2 is 1.48 bits per heavy atom. The Balaban J connectivity index is 1.87. The van der Waals surface area contributed by atoms with Crippen molar-refractivity contribution >= 4 is 10.9 Å². The fraction of sp³-hybridized carbons (Fsp3) is 0.211. The molecular weight excluding hydrogens is 290 g/mol. The van der Waals surface area contributed by atoms with Gasteiger partial charge in [-0.05, 0) is 38.1 Å². The summed E-state index contributed by atoms with van der Waals surface area (Å²) in [6.07, 6.45) is 0. The number of ether oxygens (including phenoxy) is 2. The van der Waals surface area contributed by atoms with E-state index in [9.17, 15) is 5.11 Å². The number of pyridine rings is 1. The summed E-state index contributed by atoms with van der Waals surface area (Å²) < 4.78 is 11.9. The van der Waals surface area contributed by atoms with Gasteiger partial charge in [0.05, 0.1) is 5.52 Å². The van der Waals surface area contributed by atoms with Crippen molar-refractivity contribution in [2.24, 2.45) is 0 Å². The molecule has 1 N–H and O–H groups in total. The number of hydrogen-bond acceptors (Lipinski definition) is 4. The third-order valence-corrected chi connectivity index (χ3v) is 4.23. The van der Waals surface area contributed by atoms with Crippen molar-refractivity contribution in [2.45, 2.75) is 25.2 Å². The molecule has 0 aliphatic carbocycles. The standard InChI is InChI=1S/C19H17NO3/c1-18(2)19(21,23-16-10-6-5-9-15(16)22-18)17-12-11-13-7-3-4-8-14(13)20-17/h3-12,21H,1-2H3/t19-/m0/s1. The van der Waals surface area contributed by atoms with Crippen molar-refractivity contribution < 1.29 is 14.6 Å². The van der Waals surface area contributed by atoms with Crippen molar-refractivity contribution in [1.82, 2.24) is 4.98 Å². The van der Waals surface area contributed by atoms with Crippen LogP contribution in [0.2, 0.25) is 0 Å². The highest BCUT2D eigenvalue weighted by Gasteiger charge is 2.54. The Morgan fingerprint density at radius 3 is 2.26 bits per heavy atom. The number of aromatic nitrogens is 1. The van der Waals surface area contributed by atoms with E-state index in [-0.39, 0.29) is 0 Å². The molecule has 4 rings (SSSR count). The summed E-state index contributed by atoms with van der Waals surface area (Å²) in [5.41, 5.74) is 0.240. The van der Waals surface area contributed by atoms with Crippen LogP contribution in [0.25, 0.3) is 10.9 Å². The first kappa shape index (κ1) is 14.0. The van der Waals surface area contributed by atoms with Gasteiger partial charge in [0.1, 0.15) is 5.69 Å². The second-order valence-corrected chi connectivity index (χ2v) is 6.19. The lowest BCUT2D eigenvalue weighted by molar-refractivity contribution is -0.261. The molecular formula is C19H17NO3. The SMILES string of the molecule is CC1(C)Oc2ccccc2O[C@@]1(O)c1ccc2ccccc2n1. The number of fused-ring (bicyclic) bond motifs is 2. The number of aliphatic hydroxyl groups is 1. The minimum atomic E-state index is -1.68. The van der Waals surface area contributed by atoms with Crippen LogP contribution in [0.1, 0.15) is 19.5 Å². The van der Waals surface area contributed by atoms with Crippen molar-refractivity contribution in [1.29, 1.82) is 0 Å². The lowest BCUT2D eigenvalue weighted by Gasteiger charge is -2.45. The monoisotopic (exact) mass is 307 g/mol. The molecule has 1 aliphatic heterocycles. The molecule has 116 valence electrons. The smallest absolute Gasteiger partial charge is 0.291 e. The zero-order valence-electron chi connectivity index (χ0n) is 13.0. The van der Waals surface area contributed by atoms with Crippen LogP contribution in [0.3, 0.4) is 0 Å². The first-order valence-corrected chi connectivity index (χ1v) is 7.55. The molecule has 23 heavy (non-hydrogen) atoms. The van der Waals surface area contributed by atoms with Crippen molar-refractivity contribution in [3.63, 3.8) is 0 Å². The van der Waals surface area contributed by atoms with E-state index in [2.05, 4.69) is 4.98 Å². The molecule has 0 bridgehead atoms. The van der Waals surface area contributed by atoms with E-state index in [1.165, 1.54) is 0 Å². The van der Waals surface area contributed by atoms with Crippen molar-refractivity contribution in [3.8, 4) is 11.5 Å². The molecule has 4 heteroatoms. The van der Waals surface area contributed by atoms with E-state index < -0.39 is 11.4 Å². The first-order chi connectivity index (χ1) is 11.0. The number of nitrogens with zero attached hydrogens (tertiary/aromatic N) is 1. The van der Waals surface area contributed by atoms with E-state index >= 15 is 0 Å². The number of hydrogen-bond donors (Lipinski definition) is 1. The van der Waals surface area contributed by atoms with Gasteiger partial charge < -0.3 is 14.6 Å². The fourth-order valence-corrected chi connectivity index (χ4v) is 2.86. The topological polar surface area (TPSA) is 51.6 Å². The second kappa shape index (κ2) is 4.70. The maximum Gasteiger partial charge on any atom is 0.291 e. The Bertz CT molecular complexity index is 890. The highest BCUT2D eigenvalue weighted by atomic mass is 16.7. The highest BCUT2D eigenvalue weighted by molar-refractivity contribution is 5.78. The normalized spacial score (nSPS) is 22.0. The molecule has 4 nitrogen and oxygen atoms in total. The van der Waals surface area contributed by atoms with Gasteiger partial charge in [0.25, 0.3) is 5.79 Å². The van der Waals surface area contributed by atoms with Gasteiger partial charge in [-0.25, -0.2) is 4.98 Å². The van der Waals surface area contributed by atoms with Gasteiger partial charge in [-0.15, -0.1) is 0 Å². The van der Waals surface area contributed by atoms with Gasteiger partial charge in [0, 0.05) is 5.39 Å². The molecule has 0 amide bonds. The lowest BCUT2D eigenvalue weighted by atomic mass is 9.91. The summed E-state index contributed by atoms with van der Waals surface area (Å²) in [5.74, 6) is -0.557. The predicted octanol–water partition coefficient (Wildman–Crippen LogP) is 3.63. The number of rotatable bonds is 1. The number of para-hydroxylation sites is 3. The molecule has 2 aromatic carbocycles. The van der Waals surface area contributed by atoms with E-state index in [4.69, 9.17) is 9.47 Å². The maximum atomic E-state index is 11.3. The maximum absolute atomic E-state index is 11.3. The molecule has 0 fully saturated rings. The summed E-state index contributed by atoms with van der Waals surface area (Å²) in [6.45, 7) is 3.58. The van der Waals surface area contributed by atoms with Crippen LogP contribution in [0.5, 0.6) is 11.5 Å². The molecule has 0 unspecified atom stereocenters. The molecule has 0 spiro atoms. The Hall–Kier alpha value is -2.59. The fourth-order valence-electron chi connectivity index (χ4n) is 2.86. The first-order valence-electron chi connectivity index (χ1n) is 7.55. The van der Waals surface area contributed by atoms with Gasteiger partial charge in [0.2, 0.25) is 0 Å². The van der Waals surface area contributed by atoms with E-state index in [0.717, 1.165) is 10.9 Å². The van der Waals surface area contributed by atoms with Gasteiger partial charge in [-0.1, -0.05) is 36.4 Å². The highest BCUT2D eigenvalue weighted by Crippen LogP contribution is 2.46. The third kappa shape index (κ3) is 2.06. The van der Waals surface area contributed by atoms with E-state index in [0.29, 0.717) is 17.2 Å². The van der Waals surface area contributed by atoms with Crippen molar-refractivity contribution in [3.05, 3.63) is 66.4 Å². The van der Waals surface area contributed by atoms with Gasteiger partial charge in [-0.3, -0.25) is 0 Å². The Labute approximate surface area is 134 Å².